The van der Waals surface area contributed by atoms with Crippen molar-refractivity contribution in [2.45, 2.75) is 26.1 Å². The number of thioether (sulfide) groups is 1. The third-order valence-electron chi connectivity index (χ3n) is 6.19. The van der Waals surface area contributed by atoms with E-state index in [1.807, 2.05) is 48.5 Å². The zero-order valence-electron chi connectivity index (χ0n) is 22.8. The van der Waals surface area contributed by atoms with Crippen LogP contribution in [0.3, 0.4) is 0 Å². The smallest absolute Gasteiger partial charge is 0.406 e. The Kier molecular flexibility index (Phi) is 8.29. The maximum Gasteiger partial charge on any atom is 0.573 e. The summed E-state index contributed by atoms with van der Waals surface area (Å²) < 4.78 is 42.6. The fraction of sp³-hybridized carbons (Fsp3) is 0.207. The summed E-state index contributed by atoms with van der Waals surface area (Å²) in [5, 5.41) is 16.6. The molecule has 4 aromatic rings. The fourth-order valence-electron chi connectivity index (χ4n) is 4.20. The second-order valence-electron chi connectivity index (χ2n) is 9.56. The average molecular weight is 594 g/mol. The SMILES string of the molecule is CC(C)c1ccccc1N1C(=O)CSC1=NN=Cc1ccc(-c2nc(Nc3ccc(OC(F)(F)F)cc3)n(C)n2)cc1. The summed E-state index contributed by atoms with van der Waals surface area (Å²) in [4.78, 5) is 18.8. The number of para-hydroxylation sites is 1. The van der Waals surface area contributed by atoms with Gasteiger partial charge in [0.1, 0.15) is 5.75 Å². The summed E-state index contributed by atoms with van der Waals surface area (Å²) in [7, 11) is 1.70. The molecule has 9 nitrogen and oxygen atoms in total. The van der Waals surface area contributed by atoms with Crippen molar-refractivity contribution >= 4 is 46.4 Å². The predicted octanol–water partition coefficient (Wildman–Crippen LogP) is 6.72. The van der Waals surface area contributed by atoms with Crippen LogP contribution in [0.1, 0.15) is 30.9 Å². The molecule has 1 aromatic heterocycles. The molecule has 3 aromatic carbocycles. The summed E-state index contributed by atoms with van der Waals surface area (Å²) >= 11 is 1.35. The number of alkyl halides is 3. The van der Waals surface area contributed by atoms with E-state index in [0.29, 0.717) is 28.4 Å². The molecular formula is C29H26F3N7O2S. The van der Waals surface area contributed by atoms with Crippen molar-refractivity contribution in [1.82, 2.24) is 14.8 Å². The molecule has 1 aliphatic rings. The van der Waals surface area contributed by atoms with E-state index in [1.165, 1.54) is 40.7 Å². The van der Waals surface area contributed by atoms with Crippen molar-refractivity contribution < 1.29 is 22.7 Å². The normalized spacial score (nSPS) is 14.9. The van der Waals surface area contributed by atoms with E-state index in [1.54, 1.807) is 18.2 Å². The minimum absolute atomic E-state index is 0.0318. The lowest BCUT2D eigenvalue weighted by atomic mass is 10.0. The Morgan fingerprint density at radius 1 is 1.05 bits per heavy atom. The van der Waals surface area contributed by atoms with Crippen molar-refractivity contribution in [3.05, 3.63) is 83.9 Å². The Balaban J connectivity index is 1.26. The number of carbonyl (C=O) groups excluding carboxylic acids is 1. The number of halogens is 3. The summed E-state index contributed by atoms with van der Waals surface area (Å²) in [6.07, 6.45) is -3.14. The van der Waals surface area contributed by atoms with Crippen LogP contribution in [-0.4, -0.2) is 44.2 Å². The zero-order valence-corrected chi connectivity index (χ0v) is 23.6. The van der Waals surface area contributed by atoms with Gasteiger partial charge in [-0.25, -0.2) is 4.68 Å². The number of benzene rings is 3. The van der Waals surface area contributed by atoms with E-state index in [0.717, 1.165) is 22.4 Å². The lowest BCUT2D eigenvalue weighted by Crippen LogP contribution is -2.30. The molecule has 0 saturated carbocycles. The number of ether oxygens (including phenoxy) is 1. The molecule has 1 N–H and O–H groups in total. The lowest BCUT2D eigenvalue weighted by molar-refractivity contribution is -0.274. The minimum atomic E-state index is -4.75. The maximum atomic E-state index is 12.7. The molecule has 216 valence electrons. The first-order valence-electron chi connectivity index (χ1n) is 12.9. The van der Waals surface area contributed by atoms with Crippen LogP contribution in [0, 0.1) is 0 Å². The quantitative estimate of drug-likeness (QED) is 0.180. The Morgan fingerprint density at radius 3 is 2.45 bits per heavy atom. The number of nitrogens with one attached hydrogen (secondary N) is 1. The van der Waals surface area contributed by atoms with Crippen LogP contribution < -0.4 is 15.0 Å². The van der Waals surface area contributed by atoms with Gasteiger partial charge in [-0.2, -0.15) is 10.1 Å². The lowest BCUT2D eigenvalue weighted by Gasteiger charge is -2.20. The Hall–Kier alpha value is -4.65. The van der Waals surface area contributed by atoms with Gasteiger partial charge >= 0.3 is 6.36 Å². The number of amidine groups is 1. The van der Waals surface area contributed by atoms with E-state index >= 15 is 0 Å². The van der Waals surface area contributed by atoms with Crippen LogP contribution in [-0.2, 0) is 11.8 Å². The molecule has 0 aliphatic carbocycles. The van der Waals surface area contributed by atoms with Crippen molar-refractivity contribution in [3.8, 4) is 17.1 Å². The van der Waals surface area contributed by atoms with E-state index in [4.69, 9.17) is 0 Å². The summed E-state index contributed by atoms with van der Waals surface area (Å²) in [5.41, 5.74) is 3.96. The van der Waals surface area contributed by atoms with Crippen LogP contribution in [0.25, 0.3) is 11.4 Å². The van der Waals surface area contributed by atoms with E-state index < -0.39 is 6.36 Å². The number of amides is 1. The number of hydrogen-bond donors (Lipinski definition) is 1. The zero-order chi connectivity index (χ0) is 29.9. The number of nitrogens with zero attached hydrogens (tertiary/aromatic N) is 6. The largest absolute Gasteiger partial charge is 0.573 e. The molecule has 2 heterocycles. The molecule has 42 heavy (non-hydrogen) atoms. The highest BCUT2D eigenvalue weighted by molar-refractivity contribution is 8.15. The average Bonchev–Trinajstić information content (AvgIpc) is 3.50. The number of aromatic nitrogens is 3. The number of anilines is 3. The number of aryl methyl sites for hydroxylation is 1. The number of rotatable bonds is 8. The molecule has 1 aliphatic heterocycles. The Morgan fingerprint density at radius 2 is 1.76 bits per heavy atom. The van der Waals surface area contributed by atoms with Gasteiger partial charge in [0.15, 0.2) is 11.0 Å². The van der Waals surface area contributed by atoms with Crippen LogP contribution in [0.5, 0.6) is 5.75 Å². The first-order chi connectivity index (χ1) is 20.1. The molecule has 0 bridgehead atoms. The second kappa shape index (κ2) is 12.1. The minimum Gasteiger partial charge on any atom is -0.406 e. The Bertz CT molecular complexity index is 1630. The molecule has 0 unspecified atom stereocenters. The summed E-state index contributed by atoms with van der Waals surface area (Å²) in [5.74, 6) is 1.07. The van der Waals surface area contributed by atoms with E-state index in [-0.39, 0.29) is 17.6 Å². The van der Waals surface area contributed by atoms with Crippen LogP contribution in [0.4, 0.5) is 30.5 Å². The maximum absolute atomic E-state index is 12.7. The molecule has 0 atom stereocenters. The van der Waals surface area contributed by atoms with Crippen LogP contribution in [0.15, 0.2) is 83.0 Å². The predicted molar refractivity (Wildman–Crippen MR) is 158 cm³/mol. The fourth-order valence-corrected chi connectivity index (χ4v) is 5.02. The summed E-state index contributed by atoms with van der Waals surface area (Å²) in [6, 6.07) is 20.5. The molecule has 1 fully saturated rings. The molecule has 1 amide bonds. The van der Waals surface area contributed by atoms with Gasteiger partial charge in [-0.3, -0.25) is 9.69 Å². The van der Waals surface area contributed by atoms with Crippen molar-refractivity contribution in [2.75, 3.05) is 16.0 Å². The first-order valence-corrected chi connectivity index (χ1v) is 13.9. The number of hydrogen-bond acceptors (Lipinski definition) is 8. The van der Waals surface area contributed by atoms with Gasteiger partial charge < -0.3 is 10.1 Å². The Labute approximate surface area is 244 Å². The van der Waals surface area contributed by atoms with Gasteiger partial charge in [0.25, 0.3) is 0 Å². The topological polar surface area (TPSA) is 97.0 Å². The van der Waals surface area contributed by atoms with Gasteiger partial charge in [-0.15, -0.1) is 23.4 Å². The van der Waals surface area contributed by atoms with Gasteiger partial charge in [0, 0.05) is 18.3 Å². The van der Waals surface area contributed by atoms with Crippen molar-refractivity contribution in [2.24, 2.45) is 17.3 Å². The molecule has 0 spiro atoms. The standard InChI is InChI=1S/C29H26F3N7O2S/c1-18(2)23-6-4-5-7-24(23)39-25(40)17-42-28(39)36-33-16-19-8-10-20(11-9-19)26-35-27(38(3)37-26)34-21-12-14-22(15-13-21)41-29(30,31)32/h4-16,18H,17H2,1-3H3,(H,34,35,37). The molecule has 13 heteroatoms. The number of carbonyl (C=O) groups is 1. The highest BCUT2D eigenvalue weighted by Crippen LogP contribution is 2.33. The first kappa shape index (κ1) is 28.9. The van der Waals surface area contributed by atoms with Gasteiger partial charge in [-0.05, 0) is 47.4 Å². The monoisotopic (exact) mass is 593 g/mol. The molecular weight excluding hydrogens is 567 g/mol. The molecule has 0 radical (unpaired) electrons. The van der Waals surface area contributed by atoms with Crippen LogP contribution >= 0.6 is 11.8 Å². The van der Waals surface area contributed by atoms with Gasteiger partial charge in [0.05, 0.1) is 17.7 Å². The highest BCUT2D eigenvalue weighted by Gasteiger charge is 2.32. The van der Waals surface area contributed by atoms with Gasteiger partial charge in [0.2, 0.25) is 11.9 Å². The molecule has 1 saturated heterocycles. The van der Waals surface area contributed by atoms with E-state index in [9.17, 15) is 18.0 Å². The third kappa shape index (κ3) is 6.79. The third-order valence-corrected chi connectivity index (χ3v) is 7.10. The van der Waals surface area contributed by atoms with E-state index in [2.05, 4.69) is 44.2 Å². The van der Waals surface area contributed by atoms with Gasteiger partial charge in [-0.1, -0.05) is 68.1 Å². The van der Waals surface area contributed by atoms with Crippen LogP contribution in [0.2, 0.25) is 0 Å². The van der Waals surface area contributed by atoms with Crippen molar-refractivity contribution in [1.29, 1.82) is 0 Å². The molecule has 5 rings (SSSR count). The summed E-state index contributed by atoms with van der Waals surface area (Å²) in [6.45, 7) is 4.17. The van der Waals surface area contributed by atoms with Crippen molar-refractivity contribution in [3.63, 3.8) is 0 Å². The highest BCUT2D eigenvalue weighted by atomic mass is 32.2. The second-order valence-corrected chi connectivity index (χ2v) is 10.5.